The molecule has 4 rings (SSSR count). The Labute approximate surface area is 203 Å². The van der Waals surface area contributed by atoms with Gasteiger partial charge < -0.3 is 19.9 Å². The highest BCUT2D eigenvalue weighted by atomic mass is 16.6. The molecular formula is C26H26N4O5. The van der Waals surface area contributed by atoms with Crippen molar-refractivity contribution in [1.29, 1.82) is 0 Å². The van der Waals surface area contributed by atoms with E-state index in [0.717, 1.165) is 29.9 Å². The van der Waals surface area contributed by atoms with Gasteiger partial charge in [-0.2, -0.15) is 0 Å². The van der Waals surface area contributed by atoms with Crippen LogP contribution >= 0.6 is 0 Å². The molecule has 9 nitrogen and oxygen atoms in total. The van der Waals surface area contributed by atoms with Gasteiger partial charge in [0, 0.05) is 55.2 Å². The van der Waals surface area contributed by atoms with Gasteiger partial charge in [-0.25, -0.2) is 0 Å². The molecule has 9 heteroatoms. The Bertz CT molecular complexity index is 1200. The van der Waals surface area contributed by atoms with Crippen LogP contribution in [0.2, 0.25) is 0 Å². The Kier molecular flexibility index (Phi) is 7.25. The molecule has 1 aliphatic heterocycles. The first-order valence-electron chi connectivity index (χ1n) is 11.3. The standard InChI is InChI=1S/C26H26N4O5/c1-19-4-2-3-5-24(19)26(32)29-16-14-28(15-17-29)21-8-6-20(7-9-21)27-25(31)18-35-23-12-10-22(11-13-23)30(33)34/h2-13H,14-18H2,1H3,(H,27,31). The molecule has 0 saturated carbocycles. The summed E-state index contributed by atoms with van der Waals surface area (Å²) in [4.78, 5) is 39.3. The Morgan fingerprint density at radius 2 is 1.60 bits per heavy atom. The van der Waals surface area contributed by atoms with Gasteiger partial charge in [-0.3, -0.25) is 19.7 Å². The fourth-order valence-electron chi connectivity index (χ4n) is 3.92. The van der Waals surface area contributed by atoms with Crippen molar-refractivity contribution < 1.29 is 19.2 Å². The highest BCUT2D eigenvalue weighted by Crippen LogP contribution is 2.21. The summed E-state index contributed by atoms with van der Waals surface area (Å²) < 4.78 is 5.39. The minimum atomic E-state index is -0.495. The SMILES string of the molecule is Cc1ccccc1C(=O)N1CCN(c2ccc(NC(=O)COc3ccc([N+](=O)[O-])cc3)cc2)CC1. The van der Waals surface area contributed by atoms with E-state index in [1.807, 2.05) is 60.4 Å². The Hall–Kier alpha value is -4.40. The van der Waals surface area contributed by atoms with E-state index in [4.69, 9.17) is 4.74 Å². The minimum absolute atomic E-state index is 0.0406. The Morgan fingerprint density at radius 1 is 0.943 bits per heavy atom. The Balaban J connectivity index is 1.25. The zero-order valence-electron chi connectivity index (χ0n) is 19.3. The van der Waals surface area contributed by atoms with E-state index in [2.05, 4.69) is 10.2 Å². The summed E-state index contributed by atoms with van der Waals surface area (Å²) in [7, 11) is 0. The van der Waals surface area contributed by atoms with E-state index in [9.17, 15) is 19.7 Å². The van der Waals surface area contributed by atoms with E-state index >= 15 is 0 Å². The molecule has 2 amide bonds. The van der Waals surface area contributed by atoms with Crippen molar-refractivity contribution in [1.82, 2.24) is 4.90 Å². The van der Waals surface area contributed by atoms with Crippen LogP contribution in [0.1, 0.15) is 15.9 Å². The maximum atomic E-state index is 12.8. The number of nitro groups is 1. The number of benzene rings is 3. The van der Waals surface area contributed by atoms with E-state index < -0.39 is 4.92 Å². The predicted molar refractivity (Wildman–Crippen MR) is 133 cm³/mol. The molecule has 1 aliphatic rings. The average Bonchev–Trinajstić information content (AvgIpc) is 2.88. The number of aryl methyl sites for hydroxylation is 1. The molecule has 180 valence electrons. The largest absolute Gasteiger partial charge is 0.484 e. The van der Waals surface area contributed by atoms with Gasteiger partial charge in [-0.15, -0.1) is 0 Å². The van der Waals surface area contributed by atoms with Crippen molar-refractivity contribution >= 4 is 28.9 Å². The van der Waals surface area contributed by atoms with Gasteiger partial charge in [0.25, 0.3) is 17.5 Å². The second-order valence-corrected chi connectivity index (χ2v) is 8.23. The highest BCUT2D eigenvalue weighted by molar-refractivity contribution is 5.95. The molecule has 35 heavy (non-hydrogen) atoms. The lowest BCUT2D eigenvalue weighted by molar-refractivity contribution is -0.384. The van der Waals surface area contributed by atoms with Crippen LogP contribution in [0.5, 0.6) is 5.75 Å². The second kappa shape index (κ2) is 10.7. The van der Waals surface area contributed by atoms with Crippen molar-refractivity contribution in [3.63, 3.8) is 0 Å². The maximum Gasteiger partial charge on any atom is 0.269 e. The van der Waals surface area contributed by atoms with Crippen molar-refractivity contribution in [3.8, 4) is 5.75 Å². The molecule has 3 aromatic rings. The number of nitro benzene ring substituents is 1. The van der Waals surface area contributed by atoms with Crippen LogP contribution in [-0.2, 0) is 4.79 Å². The molecule has 0 aliphatic carbocycles. The molecule has 0 aromatic heterocycles. The monoisotopic (exact) mass is 474 g/mol. The lowest BCUT2D eigenvalue weighted by Crippen LogP contribution is -2.48. The van der Waals surface area contributed by atoms with Crippen molar-refractivity contribution in [2.24, 2.45) is 0 Å². The third-order valence-corrected chi connectivity index (χ3v) is 5.88. The normalized spacial score (nSPS) is 13.3. The first-order valence-corrected chi connectivity index (χ1v) is 11.3. The summed E-state index contributed by atoms with van der Waals surface area (Å²) in [5.41, 5.74) is 3.35. The van der Waals surface area contributed by atoms with Gasteiger partial charge in [0.15, 0.2) is 6.61 Å². The van der Waals surface area contributed by atoms with Gasteiger partial charge in [0.05, 0.1) is 4.92 Å². The summed E-state index contributed by atoms with van der Waals surface area (Å²) in [6.45, 7) is 4.48. The summed E-state index contributed by atoms with van der Waals surface area (Å²) in [6, 6.07) is 20.7. The molecule has 0 bridgehead atoms. The van der Waals surface area contributed by atoms with Crippen LogP contribution < -0.4 is 15.0 Å². The van der Waals surface area contributed by atoms with Gasteiger partial charge >= 0.3 is 0 Å². The van der Waals surface area contributed by atoms with Crippen LogP contribution in [0.4, 0.5) is 17.1 Å². The second-order valence-electron chi connectivity index (χ2n) is 8.23. The number of hydrogen-bond donors (Lipinski definition) is 1. The molecule has 0 spiro atoms. The van der Waals surface area contributed by atoms with Gasteiger partial charge in [-0.1, -0.05) is 18.2 Å². The van der Waals surface area contributed by atoms with Gasteiger partial charge in [0.1, 0.15) is 5.75 Å². The van der Waals surface area contributed by atoms with Crippen LogP contribution in [0, 0.1) is 17.0 Å². The quantitative estimate of drug-likeness (QED) is 0.412. The lowest BCUT2D eigenvalue weighted by atomic mass is 10.1. The maximum absolute atomic E-state index is 12.8. The van der Waals surface area contributed by atoms with Crippen LogP contribution in [0.25, 0.3) is 0 Å². The lowest BCUT2D eigenvalue weighted by Gasteiger charge is -2.36. The molecule has 1 N–H and O–H groups in total. The van der Waals surface area contributed by atoms with Crippen LogP contribution in [0.3, 0.4) is 0 Å². The number of non-ortho nitro benzene ring substituents is 1. The summed E-state index contributed by atoms with van der Waals surface area (Å²) in [6.07, 6.45) is 0. The molecule has 1 heterocycles. The number of rotatable bonds is 7. The summed E-state index contributed by atoms with van der Waals surface area (Å²) >= 11 is 0. The number of carbonyl (C=O) groups is 2. The number of nitrogens with zero attached hydrogens (tertiary/aromatic N) is 3. The smallest absolute Gasteiger partial charge is 0.269 e. The van der Waals surface area contributed by atoms with Gasteiger partial charge in [-0.05, 0) is 55.0 Å². The van der Waals surface area contributed by atoms with Crippen molar-refractivity contribution in [2.75, 3.05) is 43.0 Å². The first kappa shape index (κ1) is 23.7. The number of nitrogens with one attached hydrogen (secondary N) is 1. The zero-order chi connectivity index (χ0) is 24.8. The number of amides is 2. The minimum Gasteiger partial charge on any atom is -0.484 e. The predicted octanol–water partition coefficient (Wildman–Crippen LogP) is 3.88. The van der Waals surface area contributed by atoms with Crippen LogP contribution in [-0.4, -0.2) is 54.4 Å². The fourth-order valence-corrected chi connectivity index (χ4v) is 3.92. The van der Waals surface area contributed by atoms with Crippen LogP contribution in [0.15, 0.2) is 72.8 Å². The molecule has 3 aromatic carbocycles. The number of hydrogen-bond acceptors (Lipinski definition) is 6. The molecule has 0 atom stereocenters. The van der Waals surface area contributed by atoms with E-state index in [1.54, 1.807) is 0 Å². The number of anilines is 2. The van der Waals surface area contributed by atoms with E-state index in [1.165, 1.54) is 24.3 Å². The van der Waals surface area contributed by atoms with Crippen molar-refractivity contribution in [3.05, 3.63) is 94.0 Å². The van der Waals surface area contributed by atoms with Crippen molar-refractivity contribution in [2.45, 2.75) is 6.92 Å². The number of ether oxygens (including phenoxy) is 1. The zero-order valence-corrected chi connectivity index (χ0v) is 19.3. The molecule has 0 radical (unpaired) electrons. The number of piperazine rings is 1. The highest BCUT2D eigenvalue weighted by Gasteiger charge is 2.23. The van der Waals surface area contributed by atoms with E-state index in [0.29, 0.717) is 24.5 Å². The summed E-state index contributed by atoms with van der Waals surface area (Å²) in [5.74, 6) is 0.109. The number of carbonyl (C=O) groups excluding carboxylic acids is 2. The molecular weight excluding hydrogens is 448 g/mol. The Morgan fingerprint density at radius 3 is 2.23 bits per heavy atom. The third kappa shape index (κ3) is 5.94. The first-order chi connectivity index (χ1) is 16.9. The molecule has 0 unspecified atom stereocenters. The third-order valence-electron chi connectivity index (χ3n) is 5.88. The molecule has 1 saturated heterocycles. The summed E-state index contributed by atoms with van der Waals surface area (Å²) in [5, 5.41) is 13.5. The topological polar surface area (TPSA) is 105 Å². The fraction of sp³-hybridized carbons (Fsp3) is 0.231. The molecule has 1 fully saturated rings. The van der Waals surface area contributed by atoms with Gasteiger partial charge in [0.2, 0.25) is 0 Å². The average molecular weight is 475 g/mol. The van der Waals surface area contributed by atoms with E-state index in [-0.39, 0.29) is 24.1 Å².